The summed E-state index contributed by atoms with van der Waals surface area (Å²) in [6, 6.07) is 20.6. The van der Waals surface area contributed by atoms with Crippen LogP contribution in [0.1, 0.15) is 27.0 Å². The first-order valence-corrected chi connectivity index (χ1v) is 10.9. The third kappa shape index (κ3) is 4.73. The van der Waals surface area contributed by atoms with Gasteiger partial charge in [-0.05, 0) is 50.1 Å². The summed E-state index contributed by atoms with van der Waals surface area (Å²) in [4.78, 5) is 30.4. The van der Waals surface area contributed by atoms with Gasteiger partial charge in [0.1, 0.15) is 0 Å². The van der Waals surface area contributed by atoms with E-state index in [-0.39, 0.29) is 0 Å². The standard InChI is InChI=1S/C27H23ClN2O3/c1-16-11-13-19(14-12-16)26-18(3)25(20-7-4-5-9-23(20)30-26)27(32)33-15-24(31)29-22-10-6-8-21(28)17(22)2/h4-14H,15H2,1-3H3,(H,29,31). The molecule has 0 radical (unpaired) electrons. The average molecular weight is 459 g/mol. The minimum Gasteiger partial charge on any atom is -0.452 e. The summed E-state index contributed by atoms with van der Waals surface area (Å²) >= 11 is 6.11. The van der Waals surface area contributed by atoms with Gasteiger partial charge < -0.3 is 10.1 Å². The SMILES string of the molecule is Cc1ccc(-c2nc3ccccc3c(C(=O)OCC(=O)Nc3cccc(Cl)c3C)c2C)cc1. The number of aromatic nitrogens is 1. The highest BCUT2D eigenvalue weighted by molar-refractivity contribution is 6.31. The number of carbonyl (C=O) groups excluding carboxylic acids is 2. The van der Waals surface area contributed by atoms with Crippen molar-refractivity contribution in [1.82, 2.24) is 4.98 Å². The molecule has 0 saturated heterocycles. The van der Waals surface area contributed by atoms with Crippen LogP contribution in [0.25, 0.3) is 22.2 Å². The van der Waals surface area contributed by atoms with Gasteiger partial charge in [0.2, 0.25) is 0 Å². The number of nitrogens with zero attached hydrogens (tertiary/aromatic N) is 1. The molecule has 0 aliphatic rings. The number of rotatable bonds is 5. The van der Waals surface area contributed by atoms with Crippen molar-refractivity contribution in [3.05, 3.63) is 94.0 Å². The molecule has 166 valence electrons. The molecule has 1 aromatic heterocycles. The first kappa shape index (κ1) is 22.5. The Hall–Kier alpha value is -3.70. The number of benzene rings is 3. The fourth-order valence-corrected chi connectivity index (χ4v) is 3.87. The minimum atomic E-state index is -0.572. The monoisotopic (exact) mass is 458 g/mol. The number of anilines is 1. The van der Waals surface area contributed by atoms with Crippen LogP contribution in [0, 0.1) is 20.8 Å². The van der Waals surface area contributed by atoms with E-state index in [1.54, 1.807) is 18.2 Å². The lowest BCUT2D eigenvalue weighted by Crippen LogP contribution is -2.22. The molecule has 6 heteroatoms. The lowest BCUT2D eigenvalue weighted by molar-refractivity contribution is -0.119. The van der Waals surface area contributed by atoms with Gasteiger partial charge in [0.05, 0.1) is 16.8 Å². The number of nitrogens with one attached hydrogen (secondary N) is 1. The van der Waals surface area contributed by atoms with E-state index in [4.69, 9.17) is 21.3 Å². The van der Waals surface area contributed by atoms with Gasteiger partial charge >= 0.3 is 5.97 Å². The summed E-state index contributed by atoms with van der Waals surface area (Å²) in [5, 5.41) is 3.97. The second kappa shape index (κ2) is 9.43. The Balaban J connectivity index is 1.62. The van der Waals surface area contributed by atoms with Crippen molar-refractivity contribution < 1.29 is 14.3 Å². The zero-order chi connectivity index (χ0) is 23.5. The van der Waals surface area contributed by atoms with Gasteiger partial charge in [0, 0.05) is 21.7 Å². The summed E-state index contributed by atoms with van der Waals surface area (Å²) in [5.41, 5.74) is 5.87. The number of carbonyl (C=O) groups is 2. The van der Waals surface area contributed by atoms with Gasteiger partial charge in [-0.3, -0.25) is 4.79 Å². The van der Waals surface area contributed by atoms with E-state index in [2.05, 4.69) is 5.32 Å². The summed E-state index contributed by atoms with van der Waals surface area (Å²) in [5.74, 6) is -1.01. The summed E-state index contributed by atoms with van der Waals surface area (Å²) < 4.78 is 5.42. The van der Waals surface area contributed by atoms with Crippen molar-refractivity contribution >= 4 is 40.1 Å². The summed E-state index contributed by atoms with van der Waals surface area (Å²) in [7, 11) is 0. The predicted molar refractivity (Wildman–Crippen MR) is 132 cm³/mol. The van der Waals surface area contributed by atoms with Gasteiger partial charge in [0.25, 0.3) is 5.91 Å². The fourth-order valence-electron chi connectivity index (χ4n) is 3.70. The number of amides is 1. The maximum absolute atomic E-state index is 13.1. The quantitative estimate of drug-likeness (QED) is 0.357. The molecular weight excluding hydrogens is 436 g/mol. The number of aryl methyl sites for hydroxylation is 1. The van der Waals surface area contributed by atoms with Crippen LogP contribution in [0.5, 0.6) is 0 Å². The smallest absolute Gasteiger partial charge is 0.339 e. The second-order valence-electron chi connectivity index (χ2n) is 7.88. The van der Waals surface area contributed by atoms with Crippen molar-refractivity contribution in [2.24, 2.45) is 0 Å². The molecule has 0 atom stereocenters. The van der Waals surface area contributed by atoms with Crippen molar-refractivity contribution in [3.63, 3.8) is 0 Å². The van der Waals surface area contributed by atoms with Crippen molar-refractivity contribution in [2.45, 2.75) is 20.8 Å². The van der Waals surface area contributed by atoms with Gasteiger partial charge in [-0.1, -0.05) is 65.7 Å². The normalized spacial score (nSPS) is 10.8. The molecule has 0 spiro atoms. The van der Waals surface area contributed by atoms with E-state index in [1.807, 2.05) is 69.3 Å². The Morgan fingerprint density at radius 1 is 0.909 bits per heavy atom. The molecule has 1 heterocycles. The Morgan fingerprint density at radius 3 is 2.39 bits per heavy atom. The average Bonchev–Trinajstić information content (AvgIpc) is 2.81. The molecule has 3 aromatic carbocycles. The molecule has 5 nitrogen and oxygen atoms in total. The molecule has 33 heavy (non-hydrogen) atoms. The van der Waals surface area contributed by atoms with E-state index < -0.39 is 18.5 Å². The highest BCUT2D eigenvalue weighted by atomic mass is 35.5. The maximum Gasteiger partial charge on any atom is 0.339 e. The molecule has 1 amide bonds. The van der Waals surface area contributed by atoms with Crippen LogP contribution in [0.3, 0.4) is 0 Å². The summed E-state index contributed by atoms with van der Waals surface area (Å²) in [6.07, 6.45) is 0. The molecule has 4 aromatic rings. The number of para-hydroxylation sites is 1. The highest BCUT2D eigenvalue weighted by Crippen LogP contribution is 2.30. The van der Waals surface area contributed by atoms with E-state index >= 15 is 0 Å². The zero-order valence-corrected chi connectivity index (χ0v) is 19.4. The van der Waals surface area contributed by atoms with Gasteiger partial charge in [-0.2, -0.15) is 0 Å². The molecule has 0 fully saturated rings. The summed E-state index contributed by atoms with van der Waals surface area (Å²) in [6.45, 7) is 5.26. The molecular formula is C27H23ClN2O3. The van der Waals surface area contributed by atoms with Crippen LogP contribution >= 0.6 is 11.6 Å². The molecule has 0 saturated carbocycles. The number of hydrogen-bond donors (Lipinski definition) is 1. The second-order valence-corrected chi connectivity index (χ2v) is 8.29. The molecule has 4 rings (SSSR count). The Bertz CT molecular complexity index is 1360. The van der Waals surface area contributed by atoms with E-state index in [9.17, 15) is 9.59 Å². The minimum absolute atomic E-state index is 0.405. The van der Waals surface area contributed by atoms with Crippen LogP contribution in [0.4, 0.5) is 5.69 Å². The molecule has 0 bridgehead atoms. The highest BCUT2D eigenvalue weighted by Gasteiger charge is 2.21. The maximum atomic E-state index is 13.1. The van der Waals surface area contributed by atoms with Gasteiger partial charge in [-0.15, -0.1) is 0 Å². The Kier molecular flexibility index (Phi) is 6.43. The van der Waals surface area contributed by atoms with Crippen molar-refractivity contribution in [3.8, 4) is 11.3 Å². The third-order valence-corrected chi connectivity index (χ3v) is 5.95. The van der Waals surface area contributed by atoms with Gasteiger partial charge in [0.15, 0.2) is 6.61 Å². The van der Waals surface area contributed by atoms with Crippen molar-refractivity contribution in [2.75, 3.05) is 11.9 Å². The molecule has 0 aliphatic heterocycles. The first-order valence-electron chi connectivity index (χ1n) is 10.5. The lowest BCUT2D eigenvalue weighted by atomic mass is 9.97. The number of ether oxygens (including phenoxy) is 1. The number of halogens is 1. The lowest BCUT2D eigenvalue weighted by Gasteiger charge is -2.15. The zero-order valence-electron chi connectivity index (χ0n) is 18.6. The first-order chi connectivity index (χ1) is 15.8. The fraction of sp³-hybridized carbons (Fsp3) is 0.148. The van der Waals surface area contributed by atoms with E-state index in [0.717, 1.165) is 16.7 Å². The van der Waals surface area contributed by atoms with Crippen LogP contribution in [-0.4, -0.2) is 23.5 Å². The van der Waals surface area contributed by atoms with Crippen molar-refractivity contribution in [1.29, 1.82) is 0 Å². The van der Waals surface area contributed by atoms with Crippen LogP contribution in [-0.2, 0) is 9.53 Å². The number of esters is 1. The number of pyridine rings is 1. The molecule has 0 unspecified atom stereocenters. The van der Waals surface area contributed by atoms with Crippen LogP contribution in [0.15, 0.2) is 66.7 Å². The Labute approximate surface area is 197 Å². The largest absolute Gasteiger partial charge is 0.452 e. The number of hydrogen-bond acceptors (Lipinski definition) is 4. The van der Waals surface area contributed by atoms with Crippen LogP contribution < -0.4 is 5.32 Å². The number of fused-ring (bicyclic) bond motifs is 1. The van der Waals surface area contributed by atoms with Crippen LogP contribution in [0.2, 0.25) is 5.02 Å². The predicted octanol–water partition coefficient (Wildman–Crippen LogP) is 6.28. The van der Waals surface area contributed by atoms with E-state index in [1.165, 1.54) is 0 Å². The Morgan fingerprint density at radius 2 is 1.64 bits per heavy atom. The topological polar surface area (TPSA) is 68.3 Å². The van der Waals surface area contributed by atoms with Gasteiger partial charge in [-0.25, -0.2) is 9.78 Å². The third-order valence-electron chi connectivity index (χ3n) is 5.54. The molecule has 0 aliphatic carbocycles. The molecule has 1 N–H and O–H groups in total. The van der Waals surface area contributed by atoms with E-state index in [0.29, 0.717) is 38.4 Å².